The summed E-state index contributed by atoms with van der Waals surface area (Å²) in [5.41, 5.74) is 2.95. The standard InChI is InChI=1S/C22H21BrN4O/c23-16-5-3-6-17(10-16)25-22(28)27-14-19-11-20(27)13-26(19)12-18-9-8-15-4-1-2-7-21(15)24-18/h1-10,19-20H,11-14H2,(H,25,28). The Labute approximate surface area is 172 Å². The second kappa shape index (κ2) is 7.18. The topological polar surface area (TPSA) is 48.5 Å². The molecule has 0 radical (unpaired) electrons. The van der Waals surface area contributed by atoms with Crippen LogP contribution in [-0.4, -0.2) is 46.0 Å². The van der Waals surface area contributed by atoms with Crippen LogP contribution in [0.15, 0.2) is 65.1 Å². The van der Waals surface area contributed by atoms with Crippen molar-refractivity contribution in [2.75, 3.05) is 18.4 Å². The maximum Gasteiger partial charge on any atom is 0.322 e. The van der Waals surface area contributed by atoms with Crippen LogP contribution in [0.25, 0.3) is 10.9 Å². The molecule has 3 heterocycles. The van der Waals surface area contributed by atoms with Gasteiger partial charge in [0.15, 0.2) is 0 Å². The summed E-state index contributed by atoms with van der Waals surface area (Å²) in [4.78, 5) is 21.9. The fourth-order valence-electron chi connectivity index (χ4n) is 4.36. The molecule has 6 heteroatoms. The minimum absolute atomic E-state index is 0.00548. The summed E-state index contributed by atoms with van der Waals surface area (Å²) in [5, 5.41) is 4.19. The van der Waals surface area contributed by atoms with Gasteiger partial charge < -0.3 is 10.2 Å². The average molecular weight is 437 g/mol. The van der Waals surface area contributed by atoms with Crippen molar-refractivity contribution in [3.8, 4) is 0 Å². The Bertz CT molecular complexity index is 1040. The van der Waals surface area contributed by atoms with Gasteiger partial charge in [-0.2, -0.15) is 0 Å². The fourth-order valence-corrected chi connectivity index (χ4v) is 4.76. The molecule has 2 bridgehead atoms. The molecule has 2 aliphatic rings. The van der Waals surface area contributed by atoms with Gasteiger partial charge in [-0.25, -0.2) is 4.79 Å². The summed E-state index contributed by atoms with van der Waals surface area (Å²) in [6.07, 6.45) is 1.04. The molecule has 28 heavy (non-hydrogen) atoms. The van der Waals surface area contributed by atoms with Crippen LogP contribution in [0.3, 0.4) is 0 Å². The third-order valence-electron chi connectivity index (χ3n) is 5.71. The molecule has 2 amide bonds. The lowest BCUT2D eigenvalue weighted by atomic mass is 10.2. The predicted molar refractivity (Wildman–Crippen MR) is 114 cm³/mol. The van der Waals surface area contributed by atoms with Crippen LogP contribution in [0.2, 0.25) is 0 Å². The number of para-hydroxylation sites is 1. The molecular weight excluding hydrogens is 416 g/mol. The third-order valence-corrected chi connectivity index (χ3v) is 6.21. The molecule has 2 atom stereocenters. The van der Waals surface area contributed by atoms with Gasteiger partial charge in [0.05, 0.1) is 11.2 Å². The summed E-state index contributed by atoms with van der Waals surface area (Å²) in [6.45, 7) is 2.52. The third kappa shape index (κ3) is 3.38. The lowest BCUT2D eigenvalue weighted by Crippen LogP contribution is -2.49. The zero-order valence-corrected chi connectivity index (χ0v) is 17.0. The Morgan fingerprint density at radius 1 is 1.07 bits per heavy atom. The second-order valence-corrected chi connectivity index (χ2v) is 8.48. The molecule has 1 N–H and O–H groups in total. The highest BCUT2D eigenvalue weighted by Gasteiger charge is 2.45. The van der Waals surface area contributed by atoms with Gasteiger partial charge in [-0.05, 0) is 36.8 Å². The Morgan fingerprint density at radius 2 is 1.96 bits per heavy atom. The summed E-state index contributed by atoms with van der Waals surface area (Å²) >= 11 is 3.45. The number of carbonyl (C=O) groups is 1. The highest BCUT2D eigenvalue weighted by atomic mass is 79.9. The number of pyridine rings is 1. The number of halogens is 1. The molecule has 2 aliphatic heterocycles. The van der Waals surface area contributed by atoms with Crippen molar-refractivity contribution in [3.63, 3.8) is 0 Å². The first-order valence-corrected chi connectivity index (χ1v) is 10.4. The van der Waals surface area contributed by atoms with E-state index in [4.69, 9.17) is 4.98 Å². The molecule has 5 nitrogen and oxygen atoms in total. The van der Waals surface area contributed by atoms with E-state index in [0.717, 1.165) is 47.4 Å². The van der Waals surface area contributed by atoms with Crippen LogP contribution in [0.1, 0.15) is 12.1 Å². The Balaban J connectivity index is 1.23. The Hall–Kier alpha value is -2.44. The molecule has 142 valence electrons. The van der Waals surface area contributed by atoms with E-state index >= 15 is 0 Å². The van der Waals surface area contributed by atoms with Crippen molar-refractivity contribution < 1.29 is 4.79 Å². The normalized spacial score (nSPS) is 21.4. The Morgan fingerprint density at radius 3 is 2.79 bits per heavy atom. The molecule has 0 aliphatic carbocycles. The lowest BCUT2D eigenvalue weighted by molar-refractivity contribution is 0.138. The van der Waals surface area contributed by atoms with E-state index in [0.29, 0.717) is 6.04 Å². The number of hydrogen-bond donors (Lipinski definition) is 1. The molecule has 2 unspecified atom stereocenters. The van der Waals surface area contributed by atoms with Crippen molar-refractivity contribution in [1.82, 2.24) is 14.8 Å². The van der Waals surface area contributed by atoms with E-state index in [9.17, 15) is 4.79 Å². The Kier molecular flexibility index (Phi) is 4.53. The highest BCUT2D eigenvalue weighted by molar-refractivity contribution is 9.10. The minimum Gasteiger partial charge on any atom is -0.319 e. The molecule has 2 fully saturated rings. The SMILES string of the molecule is O=C(Nc1cccc(Br)c1)N1CC2CC1CN2Cc1ccc2ccccc2n1. The summed E-state index contributed by atoms with van der Waals surface area (Å²) in [5.74, 6) is 0. The number of rotatable bonds is 3. The van der Waals surface area contributed by atoms with E-state index in [2.05, 4.69) is 50.4 Å². The number of piperazine rings is 1. The first kappa shape index (κ1) is 17.6. The molecule has 0 spiro atoms. The van der Waals surface area contributed by atoms with Gasteiger partial charge in [-0.3, -0.25) is 9.88 Å². The van der Waals surface area contributed by atoms with Gasteiger partial charge in [-0.1, -0.05) is 46.3 Å². The number of carbonyl (C=O) groups excluding carboxylic acids is 1. The molecular formula is C22H21BrN4O. The summed E-state index contributed by atoms with van der Waals surface area (Å²) < 4.78 is 0.960. The lowest BCUT2D eigenvalue weighted by Gasteiger charge is -2.34. The predicted octanol–water partition coefficient (Wildman–Crippen LogP) is 4.49. The van der Waals surface area contributed by atoms with E-state index in [-0.39, 0.29) is 12.1 Å². The van der Waals surface area contributed by atoms with Gasteiger partial charge in [0.2, 0.25) is 0 Å². The largest absolute Gasteiger partial charge is 0.322 e. The van der Waals surface area contributed by atoms with E-state index in [1.807, 2.05) is 41.3 Å². The molecule has 0 saturated carbocycles. The number of urea groups is 1. The first-order chi connectivity index (χ1) is 13.7. The van der Waals surface area contributed by atoms with Crippen LogP contribution >= 0.6 is 15.9 Å². The number of fused-ring (bicyclic) bond motifs is 3. The van der Waals surface area contributed by atoms with Crippen LogP contribution in [0.4, 0.5) is 10.5 Å². The summed E-state index contributed by atoms with van der Waals surface area (Å²) in [7, 11) is 0. The van der Waals surface area contributed by atoms with Crippen LogP contribution in [-0.2, 0) is 6.54 Å². The maximum absolute atomic E-state index is 12.7. The van der Waals surface area contributed by atoms with E-state index in [1.165, 1.54) is 5.39 Å². The minimum atomic E-state index is -0.00548. The molecule has 1 aromatic heterocycles. The first-order valence-electron chi connectivity index (χ1n) is 9.57. The van der Waals surface area contributed by atoms with E-state index < -0.39 is 0 Å². The summed E-state index contributed by atoms with van der Waals surface area (Å²) in [6, 6.07) is 20.9. The zero-order valence-electron chi connectivity index (χ0n) is 15.4. The number of nitrogens with zero attached hydrogens (tertiary/aromatic N) is 3. The number of aromatic nitrogens is 1. The molecule has 3 aromatic rings. The second-order valence-electron chi connectivity index (χ2n) is 7.56. The number of benzene rings is 2. The quantitative estimate of drug-likeness (QED) is 0.657. The van der Waals surface area contributed by atoms with Crippen LogP contribution in [0, 0.1) is 0 Å². The van der Waals surface area contributed by atoms with Gasteiger partial charge in [0.25, 0.3) is 0 Å². The van der Waals surface area contributed by atoms with Crippen molar-refractivity contribution in [1.29, 1.82) is 0 Å². The van der Waals surface area contributed by atoms with Crippen molar-refractivity contribution in [2.45, 2.75) is 25.0 Å². The van der Waals surface area contributed by atoms with Gasteiger partial charge >= 0.3 is 6.03 Å². The average Bonchev–Trinajstić information content (AvgIpc) is 3.28. The number of nitrogens with one attached hydrogen (secondary N) is 1. The van der Waals surface area contributed by atoms with Crippen molar-refractivity contribution in [3.05, 3.63) is 70.8 Å². The van der Waals surface area contributed by atoms with Crippen molar-refractivity contribution in [2.24, 2.45) is 0 Å². The number of hydrogen-bond acceptors (Lipinski definition) is 3. The molecule has 5 rings (SSSR count). The number of amides is 2. The van der Waals surface area contributed by atoms with Crippen LogP contribution in [0.5, 0.6) is 0 Å². The maximum atomic E-state index is 12.7. The highest BCUT2D eigenvalue weighted by Crippen LogP contribution is 2.32. The van der Waals surface area contributed by atoms with Gasteiger partial charge in [0.1, 0.15) is 0 Å². The van der Waals surface area contributed by atoms with Gasteiger partial charge in [-0.15, -0.1) is 0 Å². The molecule has 2 aromatic carbocycles. The molecule has 2 saturated heterocycles. The van der Waals surface area contributed by atoms with Crippen LogP contribution < -0.4 is 5.32 Å². The monoisotopic (exact) mass is 436 g/mol. The number of likely N-dealkylation sites (tertiary alicyclic amines) is 2. The number of anilines is 1. The smallest absolute Gasteiger partial charge is 0.319 e. The van der Waals surface area contributed by atoms with E-state index in [1.54, 1.807) is 0 Å². The van der Waals surface area contributed by atoms with Gasteiger partial charge in [0, 0.05) is 47.3 Å². The fraction of sp³-hybridized carbons (Fsp3) is 0.273. The zero-order chi connectivity index (χ0) is 19.1. The van der Waals surface area contributed by atoms with Crippen molar-refractivity contribution >= 4 is 38.6 Å².